The van der Waals surface area contributed by atoms with E-state index in [1.54, 1.807) is 0 Å². The standard InChI is InChI=1S/C18H28F2O4S2/c1-2-3-4-5-6-7-8-9-10-11-12-16-13-14-17(25(19,21)22)15-18(16)26(20,23)24/h13-15H,2-12H2,1H3. The lowest BCUT2D eigenvalue weighted by molar-refractivity contribution is 0.545. The first-order chi connectivity index (χ1) is 12.2. The van der Waals surface area contributed by atoms with Crippen molar-refractivity contribution in [2.45, 2.75) is 87.3 Å². The molecule has 1 rings (SSSR count). The van der Waals surface area contributed by atoms with E-state index in [1.165, 1.54) is 44.6 Å². The first kappa shape index (κ1) is 23.0. The quantitative estimate of drug-likeness (QED) is 0.319. The fourth-order valence-electron chi connectivity index (χ4n) is 2.92. The lowest BCUT2D eigenvalue weighted by Gasteiger charge is -2.08. The molecule has 8 heteroatoms. The van der Waals surface area contributed by atoms with Crippen molar-refractivity contribution in [3.05, 3.63) is 23.8 Å². The second kappa shape index (κ2) is 11.0. The fourth-order valence-corrected chi connectivity index (χ4v) is 4.24. The van der Waals surface area contributed by atoms with Crippen molar-refractivity contribution in [3.8, 4) is 0 Å². The molecule has 0 atom stereocenters. The van der Waals surface area contributed by atoms with Crippen LogP contribution >= 0.6 is 0 Å². The zero-order valence-corrected chi connectivity index (χ0v) is 16.8. The van der Waals surface area contributed by atoms with Gasteiger partial charge in [0.05, 0.1) is 4.90 Å². The van der Waals surface area contributed by atoms with Gasteiger partial charge in [-0.15, -0.1) is 7.77 Å². The number of rotatable bonds is 13. The number of halogens is 2. The summed E-state index contributed by atoms with van der Waals surface area (Å²) in [6, 6.07) is 2.69. The van der Waals surface area contributed by atoms with Gasteiger partial charge in [-0.1, -0.05) is 70.8 Å². The van der Waals surface area contributed by atoms with Crippen LogP contribution in [0.25, 0.3) is 0 Å². The highest BCUT2D eigenvalue weighted by Crippen LogP contribution is 2.25. The Morgan fingerprint density at radius 2 is 1.23 bits per heavy atom. The highest BCUT2D eigenvalue weighted by molar-refractivity contribution is 7.87. The average molecular weight is 411 g/mol. The monoisotopic (exact) mass is 410 g/mol. The van der Waals surface area contributed by atoms with Crippen molar-refractivity contribution in [2.24, 2.45) is 0 Å². The number of unbranched alkanes of at least 4 members (excludes halogenated alkanes) is 9. The molecule has 0 aromatic heterocycles. The van der Waals surface area contributed by atoms with Crippen LogP contribution < -0.4 is 0 Å². The molecule has 0 fully saturated rings. The van der Waals surface area contributed by atoms with E-state index in [9.17, 15) is 24.6 Å². The molecule has 150 valence electrons. The average Bonchev–Trinajstić information content (AvgIpc) is 2.54. The zero-order chi connectivity index (χ0) is 19.6. The first-order valence-electron chi connectivity index (χ1n) is 9.18. The van der Waals surface area contributed by atoms with Crippen LogP contribution in [0.15, 0.2) is 28.0 Å². The molecule has 26 heavy (non-hydrogen) atoms. The van der Waals surface area contributed by atoms with Gasteiger partial charge in [0.2, 0.25) is 0 Å². The molecule has 0 radical (unpaired) electrons. The van der Waals surface area contributed by atoms with E-state index < -0.39 is 30.2 Å². The van der Waals surface area contributed by atoms with Crippen LogP contribution in [0, 0.1) is 0 Å². The van der Waals surface area contributed by atoms with Crippen LogP contribution in [0.4, 0.5) is 7.77 Å². The molecule has 1 aromatic rings. The van der Waals surface area contributed by atoms with Gasteiger partial charge < -0.3 is 0 Å². The summed E-state index contributed by atoms with van der Waals surface area (Å²) in [6.45, 7) is 2.18. The molecular formula is C18H28F2O4S2. The summed E-state index contributed by atoms with van der Waals surface area (Å²) >= 11 is 0. The number of aryl methyl sites for hydroxylation is 1. The summed E-state index contributed by atoms with van der Waals surface area (Å²) in [7, 11) is -10.2. The predicted molar refractivity (Wildman–Crippen MR) is 98.6 cm³/mol. The van der Waals surface area contributed by atoms with Crippen molar-refractivity contribution in [1.82, 2.24) is 0 Å². The largest absolute Gasteiger partial charge is 0.332 e. The van der Waals surface area contributed by atoms with Crippen LogP contribution in [-0.2, 0) is 26.9 Å². The first-order valence-corrected chi connectivity index (χ1v) is 11.9. The van der Waals surface area contributed by atoms with Crippen molar-refractivity contribution < 1.29 is 24.6 Å². The van der Waals surface area contributed by atoms with Gasteiger partial charge in [-0.2, -0.15) is 16.8 Å². The Morgan fingerprint density at radius 1 is 0.731 bits per heavy atom. The summed E-state index contributed by atoms with van der Waals surface area (Å²) in [5.41, 5.74) is 0.180. The third-order valence-electron chi connectivity index (χ3n) is 4.38. The molecule has 0 bridgehead atoms. The third kappa shape index (κ3) is 8.58. The minimum absolute atomic E-state index is 0.180. The summed E-state index contributed by atoms with van der Waals surface area (Å²) in [6.07, 6.45) is 11.4. The molecule has 0 saturated carbocycles. The van der Waals surface area contributed by atoms with Crippen molar-refractivity contribution in [3.63, 3.8) is 0 Å². The van der Waals surface area contributed by atoms with E-state index in [1.807, 2.05) is 0 Å². The SMILES string of the molecule is CCCCCCCCCCCCc1ccc(S(=O)(=O)F)cc1S(=O)(=O)F. The Labute approximate surface area is 156 Å². The van der Waals surface area contributed by atoms with Crippen LogP contribution in [0.1, 0.15) is 76.7 Å². The molecule has 1 aromatic carbocycles. The van der Waals surface area contributed by atoms with Crippen LogP contribution in [-0.4, -0.2) is 16.8 Å². The maximum atomic E-state index is 13.4. The highest BCUT2D eigenvalue weighted by atomic mass is 32.3. The molecule has 0 amide bonds. The molecule has 0 spiro atoms. The van der Waals surface area contributed by atoms with E-state index in [0.29, 0.717) is 18.9 Å². The molecule has 0 aliphatic carbocycles. The molecule has 0 N–H and O–H groups in total. The Kier molecular flexibility index (Phi) is 9.71. The van der Waals surface area contributed by atoms with Gasteiger partial charge in [-0.25, -0.2) is 0 Å². The summed E-state index contributed by atoms with van der Waals surface area (Å²) < 4.78 is 70.6. The van der Waals surface area contributed by atoms with E-state index in [0.717, 1.165) is 25.3 Å². The van der Waals surface area contributed by atoms with E-state index in [2.05, 4.69) is 6.92 Å². The molecule has 4 nitrogen and oxygen atoms in total. The number of hydrogen-bond donors (Lipinski definition) is 0. The van der Waals surface area contributed by atoms with Crippen molar-refractivity contribution >= 4 is 20.4 Å². The number of benzene rings is 1. The van der Waals surface area contributed by atoms with Gasteiger partial charge in [0, 0.05) is 0 Å². The minimum Gasteiger partial charge on any atom is -0.189 e. The van der Waals surface area contributed by atoms with E-state index in [-0.39, 0.29) is 5.56 Å². The summed E-state index contributed by atoms with van der Waals surface area (Å²) in [5.74, 6) is 0. The van der Waals surface area contributed by atoms with Crippen LogP contribution in [0.3, 0.4) is 0 Å². The van der Waals surface area contributed by atoms with E-state index >= 15 is 0 Å². The van der Waals surface area contributed by atoms with Crippen molar-refractivity contribution in [1.29, 1.82) is 0 Å². The molecule has 0 unspecified atom stereocenters. The van der Waals surface area contributed by atoms with E-state index in [4.69, 9.17) is 0 Å². The fraction of sp³-hybridized carbons (Fsp3) is 0.667. The molecule has 0 aliphatic rings. The third-order valence-corrected chi connectivity index (χ3v) is 6.10. The van der Waals surface area contributed by atoms with Crippen molar-refractivity contribution in [2.75, 3.05) is 0 Å². The molecule has 0 saturated heterocycles. The van der Waals surface area contributed by atoms with Gasteiger partial charge in [0.15, 0.2) is 0 Å². The summed E-state index contributed by atoms with van der Waals surface area (Å²) in [5, 5.41) is 0. The second-order valence-corrected chi connectivity index (χ2v) is 9.24. The summed E-state index contributed by atoms with van der Waals surface area (Å²) in [4.78, 5) is -1.60. The lowest BCUT2D eigenvalue weighted by atomic mass is 10.0. The predicted octanol–water partition coefficient (Wildman–Crippen LogP) is 5.47. The highest BCUT2D eigenvalue weighted by Gasteiger charge is 2.22. The van der Waals surface area contributed by atoms with Gasteiger partial charge in [0.1, 0.15) is 4.90 Å². The zero-order valence-electron chi connectivity index (χ0n) is 15.2. The maximum Gasteiger partial charge on any atom is 0.332 e. The topological polar surface area (TPSA) is 68.3 Å². The van der Waals surface area contributed by atoms with Gasteiger partial charge in [-0.05, 0) is 30.5 Å². The minimum atomic E-state index is -5.11. The van der Waals surface area contributed by atoms with Gasteiger partial charge in [-0.3, -0.25) is 0 Å². The molecular weight excluding hydrogens is 382 g/mol. The Balaban J connectivity index is 2.48. The van der Waals surface area contributed by atoms with Gasteiger partial charge >= 0.3 is 20.4 Å². The van der Waals surface area contributed by atoms with Crippen LogP contribution in [0.2, 0.25) is 0 Å². The Bertz CT molecular complexity index is 759. The van der Waals surface area contributed by atoms with Gasteiger partial charge in [0.25, 0.3) is 0 Å². The molecule has 0 heterocycles. The molecule has 0 aliphatic heterocycles. The normalized spacial score (nSPS) is 12.4. The Hall–Kier alpha value is -1.02. The number of hydrogen-bond acceptors (Lipinski definition) is 4. The van der Waals surface area contributed by atoms with Crippen LogP contribution in [0.5, 0.6) is 0 Å². The maximum absolute atomic E-state index is 13.4. The lowest BCUT2D eigenvalue weighted by Crippen LogP contribution is -2.02. The second-order valence-electron chi connectivity index (χ2n) is 6.58. The smallest absolute Gasteiger partial charge is 0.189 e. The Morgan fingerprint density at radius 3 is 1.69 bits per heavy atom.